The van der Waals surface area contributed by atoms with Gasteiger partial charge >= 0.3 is 0 Å². The Labute approximate surface area is 116 Å². The zero-order valence-electron chi connectivity index (χ0n) is 11.5. The second kappa shape index (κ2) is 6.15. The molecule has 3 aliphatic rings. The van der Waals surface area contributed by atoms with Gasteiger partial charge in [-0.3, -0.25) is 0 Å². The van der Waals surface area contributed by atoms with Crippen molar-refractivity contribution in [2.24, 2.45) is 0 Å². The van der Waals surface area contributed by atoms with Crippen molar-refractivity contribution in [1.82, 2.24) is 5.32 Å². The molecule has 0 spiro atoms. The Kier molecular flexibility index (Phi) is 4.53. The lowest BCUT2D eigenvalue weighted by Gasteiger charge is -2.51. The smallest absolute Gasteiger partial charge is 0.0767 e. The van der Waals surface area contributed by atoms with Crippen molar-refractivity contribution in [3.63, 3.8) is 0 Å². The van der Waals surface area contributed by atoms with Crippen LogP contribution in [0, 0.1) is 0 Å². The van der Waals surface area contributed by atoms with Crippen LogP contribution in [-0.2, 0) is 4.74 Å². The molecule has 18 heavy (non-hydrogen) atoms. The summed E-state index contributed by atoms with van der Waals surface area (Å²) in [7, 11) is 0. The number of rotatable bonds is 2. The van der Waals surface area contributed by atoms with Crippen molar-refractivity contribution in [3.05, 3.63) is 0 Å². The summed E-state index contributed by atoms with van der Waals surface area (Å²) in [5.41, 5.74) is 0.309. The summed E-state index contributed by atoms with van der Waals surface area (Å²) in [5.74, 6) is 1.36. The van der Waals surface area contributed by atoms with Gasteiger partial charge in [-0.1, -0.05) is 12.8 Å². The highest BCUT2D eigenvalue weighted by Gasteiger charge is 2.47. The maximum absolute atomic E-state index is 6.20. The molecular weight excluding hydrogens is 242 g/mol. The molecule has 0 radical (unpaired) electrons. The van der Waals surface area contributed by atoms with Gasteiger partial charge in [-0.25, -0.2) is 0 Å². The topological polar surface area (TPSA) is 21.3 Å². The lowest BCUT2D eigenvalue weighted by atomic mass is 9.76. The predicted molar refractivity (Wildman–Crippen MR) is 78.3 cm³/mol. The summed E-state index contributed by atoms with van der Waals surface area (Å²) in [6.07, 6.45) is 12.7. The molecule has 0 aromatic heterocycles. The van der Waals surface area contributed by atoms with Gasteiger partial charge in [0.05, 0.1) is 11.6 Å². The Balaban J connectivity index is 1.77. The van der Waals surface area contributed by atoms with E-state index >= 15 is 0 Å². The standard InChI is InChI=1S/C15H27NOS/c1-5-11-17-13(7-1)15(9-3-4-10-16-15)14-8-2-6-12-18-14/h13-14,16H,1-12H2. The van der Waals surface area contributed by atoms with E-state index in [1.165, 1.54) is 70.1 Å². The number of hydrogen-bond acceptors (Lipinski definition) is 3. The normalized spacial score (nSPS) is 42.7. The first-order valence-corrected chi connectivity index (χ1v) is 8.95. The second-order valence-corrected chi connectivity index (χ2v) is 7.45. The molecule has 3 aliphatic heterocycles. The molecule has 3 heteroatoms. The van der Waals surface area contributed by atoms with Gasteiger partial charge in [-0.2, -0.15) is 11.8 Å². The highest BCUT2D eigenvalue weighted by molar-refractivity contribution is 8.00. The third-order valence-corrected chi connectivity index (χ3v) is 6.56. The molecule has 3 rings (SSSR count). The van der Waals surface area contributed by atoms with Crippen molar-refractivity contribution in [1.29, 1.82) is 0 Å². The summed E-state index contributed by atoms with van der Waals surface area (Å²) in [4.78, 5) is 0. The van der Waals surface area contributed by atoms with E-state index in [2.05, 4.69) is 17.1 Å². The largest absolute Gasteiger partial charge is 0.376 e. The van der Waals surface area contributed by atoms with Crippen molar-refractivity contribution in [2.45, 2.75) is 74.7 Å². The van der Waals surface area contributed by atoms with E-state index in [0.29, 0.717) is 11.6 Å². The Hall–Kier alpha value is 0.270. The summed E-state index contributed by atoms with van der Waals surface area (Å²) < 4.78 is 6.20. The van der Waals surface area contributed by atoms with Crippen LogP contribution < -0.4 is 5.32 Å². The van der Waals surface area contributed by atoms with Crippen molar-refractivity contribution >= 4 is 11.8 Å². The van der Waals surface area contributed by atoms with E-state index < -0.39 is 0 Å². The molecule has 0 bridgehead atoms. The first-order chi connectivity index (χ1) is 8.92. The van der Waals surface area contributed by atoms with Crippen LogP contribution in [0.5, 0.6) is 0 Å². The summed E-state index contributed by atoms with van der Waals surface area (Å²) in [6, 6.07) is 0. The third-order valence-electron chi connectivity index (χ3n) is 4.98. The fourth-order valence-electron chi connectivity index (χ4n) is 4.00. The van der Waals surface area contributed by atoms with Gasteiger partial charge < -0.3 is 10.1 Å². The molecule has 3 atom stereocenters. The molecule has 0 aliphatic carbocycles. The van der Waals surface area contributed by atoms with Gasteiger partial charge in [0.2, 0.25) is 0 Å². The van der Waals surface area contributed by atoms with E-state index in [-0.39, 0.29) is 0 Å². The van der Waals surface area contributed by atoms with Crippen LogP contribution in [0.3, 0.4) is 0 Å². The Bertz CT molecular complexity index is 233. The maximum atomic E-state index is 6.20. The third kappa shape index (κ3) is 2.59. The predicted octanol–water partition coefficient (Wildman–Crippen LogP) is 3.35. The number of nitrogens with one attached hydrogen (secondary N) is 1. The van der Waals surface area contributed by atoms with Crippen LogP contribution in [0.1, 0.15) is 57.8 Å². The monoisotopic (exact) mass is 269 g/mol. The fourth-order valence-corrected chi connectivity index (χ4v) is 5.64. The lowest BCUT2D eigenvalue weighted by molar-refractivity contribution is -0.0557. The molecular formula is C15H27NOS. The van der Waals surface area contributed by atoms with Gasteiger partial charge in [0.1, 0.15) is 0 Å². The molecule has 0 aromatic carbocycles. The molecule has 0 amide bonds. The molecule has 3 saturated heterocycles. The van der Waals surface area contributed by atoms with E-state index in [9.17, 15) is 0 Å². The number of ether oxygens (including phenoxy) is 1. The second-order valence-electron chi connectivity index (χ2n) is 6.13. The van der Waals surface area contributed by atoms with Crippen molar-refractivity contribution in [3.8, 4) is 0 Å². The number of thioether (sulfide) groups is 1. The van der Waals surface area contributed by atoms with Crippen LogP contribution in [0.25, 0.3) is 0 Å². The quantitative estimate of drug-likeness (QED) is 0.830. The number of hydrogen-bond donors (Lipinski definition) is 1. The van der Waals surface area contributed by atoms with Gasteiger partial charge in [-0.15, -0.1) is 0 Å². The van der Waals surface area contributed by atoms with E-state index in [1.807, 2.05) is 0 Å². The van der Waals surface area contributed by atoms with Crippen LogP contribution in [-0.4, -0.2) is 35.8 Å². The molecule has 0 saturated carbocycles. The number of piperidine rings is 1. The molecule has 1 N–H and O–H groups in total. The molecule has 3 unspecified atom stereocenters. The first-order valence-electron chi connectivity index (χ1n) is 7.90. The van der Waals surface area contributed by atoms with Crippen LogP contribution in [0.15, 0.2) is 0 Å². The zero-order chi connectivity index (χ0) is 12.3. The van der Waals surface area contributed by atoms with Gasteiger partial charge in [0.25, 0.3) is 0 Å². The van der Waals surface area contributed by atoms with E-state index in [1.54, 1.807) is 0 Å². The lowest BCUT2D eigenvalue weighted by Crippen LogP contribution is -2.64. The highest BCUT2D eigenvalue weighted by atomic mass is 32.2. The minimum absolute atomic E-state index is 0.309. The van der Waals surface area contributed by atoms with Crippen LogP contribution >= 0.6 is 11.8 Å². The minimum Gasteiger partial charge on any atom is -0.376 e. The SMILES string of the molecule is C1CCC(C2CCCCO2)(C2CCCCS2)NC1. The molecule has 2 nitrogen and oxygen atoms in total. The first kappa shape index (κ1) is 13.3. The average molecular weight is 269 g/mol. The molecule has 3 heterocycles. The zero-order valence-corrected chi connectivity index (χ0v) is 12.3. The fraction of sp³-hybridized carbons (Fsp3) is 1.00. The Morgan fingerprint density at radius 1 is 1.00 bits per heavy atom. The maximum Gasteiger partial charge on any atom is 0.0767 e. The molecule has 3 fully saturated rings. The van der Waals surface area contributed by atoms with Crippen LogP contribution in [0.2, 0.25) is 0 Å². The van der Waals surface area contributed by atoms with Crippen LogP contribution in [0.4, 0.5) is 0 Å². The molecule has 104 valence electrons. The van der Waals surface area contributed by atoms with Crippen molar-refractivity contribution in [2.75, 3.05) is 18.9 Å². The summed E-state index contributed by atoms with van der Waals surface area (Å²) in [6.45, 7) is 2.20. The van der Waals surface area contributed by atoms with Gasteiger partial charge in [0.15, 0.2) is 0 Å². The van der Waals surface area contributed by atoms with E-state index in [4.69, 9.17) is 4.74 Å². The summed E-state index contributed by atoms with van der Waals surface area (Å²) >= 11 is 2.22. The Morgan fingerprint density at radius 2 is 1.94 bits per heavy atom. The van der Waals surface area contributed by atoms with E-state index in [0.717, 1.165) is 11.9 Å². The highest BCUT2D eigenvalue weighted by Crippen LogP contribution is 2.42. The molecule has 0 aromatic rings. The van der Waals surface area contributed by atoms with Crippen molar-refractivity contribution < 1.29 is 4.74 Å². The van der Waals surface area contributed by atoms with Gasteiger partial charge in [0, 0.05) is 11.9 Å². The van der Waals surface area contributed by atoms with Gasteiger partial charge in [-0.05, 0) is 57.2 Å². The minimum atomic E-state index is 0.309. The Morgan fingerprint density at radius 3 is 2.61 bits per heavy atom. The average Bonchev–Trinajstić information content (AvgIpc) is 2.50. The summed E-state index contributed by atoms with van der Waals surface area (Å²) in [5, 5.41) is 4.73.